The minimum absolute atomic E-state index is 0.332. The van der Waals surface area contributed by atoms with Crippen molar-refractivity contribution in [3.05, 3.63) is 64.7 Å². The van der Waals surface area contributed by atoms with Gasteiger partial charge in [0.2, 0.25) is 5.91 Å². The second-order valence-corrected chi connectivity index (χ2v) is 7.82. The fourth-order valence-corrected chi connectivity index (χ4v) is 3.72. The highest BCUT2D eigenvalue weighted by Crippen LogP contribution is 2.29. The van der Waals surface area contributed by atoms with Crippen molar-refractivity contribution < 1.29 is 14.4 Å². The van der Waals surface area contributed by atoms with Gasteiger partial charge in [-0.1, -0.05) is 43.7 Å². The van der Waals surface area contributed by atoms with Crippen molar-refractivity contribution in [1.29, 1.82) is 0 Å². The number of urea groups is 1. The molecule has 2 aromatic rings. The Labute approximate surface area is 171 Å². The number of hydrogen-bond donors (Lipinski definition) is 2. The number of nitrogens with one attached hydrogen (secondary N) is 2. The van der Waals surface area contributed by atoms with Crippen LogP contribution in [-0.4, -0.2) is 29.3 Å². The van der Waals surface area contributed by atoms with Gasteiger partial charge < -0.3 is 10.6 Å². The minimum atomic E-state index is -1.18. The summed E-state index contributed by atoms with van der Waals surface area (Å²) in [6.07, 6.45) is 2.00. The van der Waals surface area contributed by atoms with Crippen LogP contribution in [0.3, 0.4) is 0 Å². The summed E-state index contributed by atoms with van der Waals surface area (Å²) in [5.74, 6) is -0.845. The number of benzene rings is 2. The Bertz CT molecular complexity index is 932. The molecule has 1 atom stereocenters. The molecule has 1 aliphatic rings. The molecule has 0 spiro atoms. The summed E-state index contributed by atoms with van der Waals surface area (Å²) >= 11 is 0. The highest BCUT2D eigenvalue weighted by atomic mass is 16.2. The molecule has 0 saturated carbocycles. The zero-order valence-corrected chi connectivity index (χ0v) is 17.3. The zero-order chi connectivity index (χ0) is 21.2. The van der Waals surface area contributed by atoms with Gasteiger partial charge in [-0.05, 0) is 61.6 Å². The average molecular weight is 393 g/mol. The highest BCUT2D eigenvalue weighted by molar-refractivity contribution is 6.10. The molecule has 1 aliphatic heterocycles. The number of amides is 4. The molecule has 6 heteroatoms. The first-order valence-corrected chi connectivity index (χ1v) is 9.84. The SMILES string of the molecule is CCCc1ccc(C2(C)NC(=O)N(CC(=O)Nc3cc(C)cc(C)c3)C2=O)cc1. The summed E-state index contributed by atoms with van der Waals surface area (Å²) in [6.45, 7) is 7.33. The Morgan fingerprint density at radius 3 is 2.28 bits per heavy atom. The summed E-state index contributed by atoms with van der Waals surface area (Å²) < 4.78 is 0. The molecular formula is C23H27N3O3. The molecule has 0 aromatic heterocycles. The van der Waals surface area contributed by atoms with E-state index < -0.39 is 23.4 Å². The smallest absolute Gasteiger partial charge is 0.325 e. The molecular weight excluding hydrogens is 366 g/mol. The van der Waals surface area contributed by atoms with Crippen LogP contribution >= 0.6 is 0 Å². The topological polar surface area (TPSA) is 78.5 Å². The second-order valence-electron chi connectivity index (χ2n) is 7.82. The van der Waals surface area contributed by atoms with Gasteiger partial charge in [0.05, 0.1) is 0 Å². The quantitative estimate of drug-likeness (QED) is 0.735. The van der Waals surface area contributed by atoms with Gasteiger partial charge in [0.25, 0.3) is 5.91 Å². The Hall–Kier alpha value is -3.15. The van der Waals surface area contributed by atoms with Crippen LogP contribution in [0.15, 0.2) is 42.5 Å². The lowest BCUT2D eigenvalue weighted by Gasteiger charge is -2.22. The van der Waals surface area contributed by atoms with E-state index in [1.807, 2.05) is 56.3 Å². The number of carbonyl (C=O) groups excluding carboxylic acids is 3. The lowest BCUT2D eigenvalue weighted by atomic mass is 9.91. The van der Waals surface area contributed by atoms with Gasteiger partial charge in [0, 0.05) is 5.69 Å². The third-order valence-corrected chi connectivity index (χ3v) is 5.15. The van der Waals surface area contributed by atoms with Crippen LogP contribution in [0, 0.1) is 13.8 Å². The molecule has 2 N–H and O–H groups in total. The molecule has 1 fully saturated rings. The van der Waals surface area contributed by atoms with Crippen LogP contribution < -0.4 is 10.6 Å². The molecule has 0 bridgehead atoms. The predicted octanol–water partition coefficient (Wildman–Crippen LogP) is 3.66. The third-order valence-electron chi connectivity index (χ3n) is 5.15. The molecule has 1 unspecified atom stereocenters. The van der Waals surface area contributed by atoms with Crippen molar-refractivity contribution >= 4 is 23.5 Å². The maximum atomic E-state index is 13.0. The third kappa shape index (κ3) is 4.31. The van der Waals surface area contributed by atoms with E-state index in [0.29, 0.717) is 11.3 Å². The highest BCUT2D eigenvalue weighted by Gasteiger charge is 2.49. The van der Waals surface area contributed by atoms with E-state index in [-0.39, 0.29) is 6.54 Å². The van der Waals surface area contributed by atoms with Crippen LogP contribution in [0.25, 0.3) is 0 Å². The fourth-order valence-electron chi connectivity index (χ4n) is 3.72. The number of nitrogens with zero attached hydrogens (tertiary/aromatic N) is 1. The monoisotopic (exact) mass is 393 g/mol. The first-order chi connectivity index (χ1) is 13.7. The van der Waals surface area contributed by atoms with Crippen molar-refractivity contribution in [2.75, 3.05) is 11.9 Å². The number of carbonyl (C=O) groups is 3. The summed E-state index contributed by atoms with van der Waals surface area (Å²) in [5, 5.41) is 5.51. The second kappa shape index (κ2) is 8.07. The number of imide groups is 1. The largest absolute Gasteiger partial charge is 0.325 e. The molecule has 0 aliphatic carbocycles. The van der Waals surface area contributed by atoms with E-state index in [4.69, 9.17) is 0 Å². The van der Waals surface area contributed by atoms with Crippen molar-refractivity contribution in [3.8, 4) is 0 Å². The Morgan fingerprint density at radius 2 is 1.69 bits per heavy atom. The number of hydrogen-bond acceptors (Lipinski definition) is 3. The van der Waals surface area contributed by atoms with Crippen LogP contribution in [0.4, 0.5) is 10.5 Å². The summed E-state index contributed by atoms with van der Waals surface area (Å²) in [4.78, 5) is 38.9. The lowest BCUT2D eigenvalue weighted by Crippen LogP contribution is -2.42. The van der Waals surface area contributed by atoms with Gasteiger partial charge in [0.15, 0.2) is 0 Å². The van der Waals surface area contributed by atoms with E-state index in [2.05, 4.69) is 17.6 Å². The van der Waals surface area contributed by atoms with E-state index in [0.717, 1.165) is 28.9 Å². The Balaban J connectivity index is 1.73. The van der Waals surface area contributed by atoms with Crippen molar-refractivity contribution in [2.24, 2.45) is 0 Å². The number of anilines is 1. The van der Waals surface area contributed by atoms with E-state index in [1.165, 1.54) is 5.56 Å². The summed E-state index contributed by atoms with van der Waals surface area (Å²) in [7, 11) is 0. The van der Waals surface area contributed by atoms with Gasteiger partial charge in [-0.3, -0.25) is 14.5 Å². The average Bonchev–Trinajstić information content (AvgIpc) is 2.86. The van der Waals surface area contributed by atoms with Crippen LogP contribution in [-0.2, 0) is 21.5 Å². The number of aryl methyl sites for hydroxylation is 3. The minimum Gasteiger partial charge on any atom is -0.325 e. The summed E-state index contributed by atoms with van der Waals surface area (Å²) in [6, 6.07) is 12.8. The predicted molar refractivity (Wildman–Crippen MR) is 113 cm³/mol. The first-order valence-electron chi connectivity index (χ1n) is 9.84. The molecule has 3 rings (SSSR count). The Kier molecular flexibility index (Phi) is 5.73. The standard InChI is InChI=1S/C23H27N3O3/c1-5-6-17-7-9-18(10-8-17)23(4)21(28)26(22(29)25-23)14-20(27)24-19-12-15(2)11-16(3)13-19/h7-13H,5-6,14H2,1-4H3,(H,24,27)(H,25,29). The first kappa shape index (κ1) is 20.6. The molecule has 4 amide bonds. The normalized spacial score (nSPS) is 18.7. The zero-order valence-electron chi connectivity index (χ0n) is 17.3. The van der Waals surface area contributed by atoms with Gasteiger partial charge in [-0.15, -0.1) is 0 Å². The molecule has 2 aromatic carbocycles. The van der Waals surface area contributed by atoms with Crippen molar-refractivity contribution in [1.82, 2.24) is 10.2 Å². The van der Waals surface area contributed by atoms with E-state index >= 15 is 0 Å². The molecule has 1 heterocycles. The van der Waals surface area contributed by atoms with Gasteiger partial charge in [-0.2, -0.15) is 0 Å². The fraction of sp³-hybridized carbons (Fsp3) is 0.348. The molecule has 1 saturated heterocycles. The van der Waals surface area contributed by atoms with Crippen LogP contribution in [0.5, 0.6) is 0 Å². The molecule has 29 heavy (non-hydrogen) atoms. The summed E-state index contributed by atoms with van der Waals surface area (Å²) in [5.41, 5.74) is 3.40. The van der Waals surface area contributed by atoms with Gasteiger partial charge in [-0.25, -0.2) is 4.79 Å². The molecule has 6 nitrogen and oxygen atoms in total. The van der Waals surface area contributed by atoms with Crippen LogP contribution in [0.2, 0.25) is 0 Å². The Morgan fingerprint density at radius 1 is 1.07 bits per heavy atom. The molecule has 152 valence electrons. The lowest BCUT2D eigenvalue weighted by molar-refractivity contribution is -0.133. The van der Waals surface area contributed by atoms with Crippen molar-refractivity contribution in [3.63, 3.8) is 0 Å². The van der Waals surface area contributed by atoms with Gasteiger partial charge >= 0.3 is 6.03 Å². The van der Waals surface area contributed by atoms with E-state index in [9.17, 15) is 14.4 Å². The number of rotatable bonds is 6. The van der Waals surface area contributed by atoms with Crippen LogP contribution in [0.1, 0.15) is 42.5 Å². The van der Waals surface area contributed by atoms with E-state index in [1.54, 1.807) is 6.92 Å². The maximum Gasteiger partial charge on any atom is 0.325 e. The van der Waals surface area contributed by atoms with Gasteiger partial charge in [0.1, 0.15) is 12.1 Å². The molecule has 0 radical (unpaired) electrons. The maximum absolute atomic E-state index is 13.0. The van der Waals surface area contributed by atoms with Crippen molar-refractivity contribution in [2.45, 2.75) is 46.1 Å².